The van der Waals surface area contributed by atoms with Crippen molar-refractivity contribution >= 4 is 22.6 Å². The van der Waals surface area contributed by atoms with Gasteiger partial charge in [-0.15, -0.1) is 0 Å². The molecule has 3 aliphatic rings. The van der Waals surface area contributed by atoms with Gasteiger partial charge in [0.1, 0.15) is 17.9 Å². The fraction of sp³-hybridized carbons (Fsp3) is 0.545. The van der Waals surface area contributed by atoms with E-state index < -0.39 is 17.3 Å². The first-order chi connectivity index (χ1) is 14.3. The molecule has 4 heterocycles. The zero-order chi connectivity index (χ0) is 21.2. The van der Waals surface area contributed by atoms with Crippen molar-refractivity contribution in [3.63, 3.8) is 0 Å². The number of halogens is 1. The van der Waals surface area contributed by atoms with Crippen LogP contribution in [0.5, 0.6) is 5.75 Å². The number of hydrogen-bond donors (Lipinski definition) is 1. The largest absolute Gasteiger partial charge is 0.487 e. The van der Waals surface area contributed by atoms with Crippen LogP contribution in [0.4, 0.5) is 10.1 Å². The van der Waals surface area contributed by atoms with Gasteiger partial charge in [-0.2, -0.15) is 0 Å². The molecule has 1 aromatic heterocycles. The molecule has 1 aromatic carbocycles. The van der Waals surface area contributed by atoms with Gasteiger partial charge < -0.3 is 19.6 Å². The topological polar surface area (TPSA) is 75.0 Å². The van der Waals surface area contributed by atoms with Crippen LogP contribution < -0.4 is 15.2 Å². The molecular weight excluding hydrogens is 389 g/mol. The molecule has 8 heteroatoms. The molecular formula is C22H26FN3O4. The standard InChI is InChI=1S/C22H26FN3O4/c1-13-12-30-19-17-14(10-15(21(28)29)20(27)26(13)17)11-16(23)18(19)25-8-5-22(6-9-25)4-3-7-24(22)2/h10-11,13H,3-9,12H2,1-2H3,(H,28,29)/t13-/m0/s1. The minimum Gasteiger partial charge on any atom is -0.487 e. The van der Waals surface area contributed by atoms with Crippen LogP contribution in [0.3, 0.4) is 0 Å². The second kappa shape index (κ2) is 6.70. The molecule has 0 bridgehead atoms. The molecule has 5 rings (SSSR count). The minimum atomic E-state index is -1.31. The smallest absolute Gasteiger partial charge is 0.341 e. The third kappa shape index (κ3) is 2.66. The quantitative estimate of drug-likeness (QED) is 0.813. The molecule has 1 spiro atoms. The lowest BCUT2D eigenvalue weighted by Crippen LogP contribution is -2.51. The summed E-state index contributed by atoms with van der Waals surface area (Å²) in [5.74, 6) is -1.39. The molecule has 2 fully saturated rings. The monoisotopic (exact) mass is 415 g/mol. The van der Waals surface area contributed by atoms with Gasteiger partial charge in [0.25, 0.3) is 5.56 Å². The number of carboxylic acids is 1. The third-order valence-electron chi connectivity index (χ3n) is 7.30. The summed E-state index contributed by atoms with van der Waals surface area (Å²) in [5, 5.41) is 9.79. The van der Waals surface area contributed by atoms with E-state index in [0.29, 0.717) is 22.3 Å². The summed E-state index contributed by atoms with van der Waals surface area (Å²) in [6, 6.07) is 2.26. The Morgan fingerprint density at radius 2 is 1.97 bits per heavy atom. The van der Waals surface area contributed by atoms with Crippen LogP contribution in [0, 0.1) is 5.82 Å². The van der Waals surface area contributed by atoms with Gasteiger partial charge >= 0.3 is 5.97 Å². The van der Waals surface area contributed by atoms with Crippen molar-refractivity contribution in [2.75, 3.05) is 38.2 Å². The Morgan fingerprint density at radius 3 is 2.60 bits per heavy atom. The number of likely N-dealkylation sites (tertiary alicyclic amines) is 1. The normalized spacial score (nSPS) is 23.2. The average Bonchev–Trinajstić information content (AvgIpc) is 3.06. The van der Waals surface area contributed by atoms with E-state index in [1.807, 2.05) is 4.90 Å². The van der Waals surface area contributed by atoms with E-state index in [1.54, 1.807) is 6.92 Å². The molecule has 3 aliphatic heterocycles. The van der Waals surface area contributed by atoms with E-state index in [-0.39, 0.29) is 23.8 Å². The van der Waals surface area contributed by atoms with Gasteiger partial charge in [-0.3, -0.25) is 9.36 Å². The van der Waals surface area contributed by atoms with E-state index >= 15 is 4.39 Å². The lowest BCUT2D eigenvalue weighted by atomic mass is 9.85. The fourth-order valence-corrected chi connectivity index (χ4v) is 5.57. The first-order valence-electron chi connectivity index (χ1n) is 10.6. The van der Waals surface area contributed by atoms with Gasteiger partial charge in [0.05, 0.1) is 11.6 Å². The number of ether oxygens (including phenoxy) is 1. The highest BCUT2D eigenvalue weighted by molar-refractivity contribution is 5.97. The molecule has 160 valence electrons. The molecule has 2 aromatic rings. The molecule has 1 atom stereocenters. The Bertz CT molecular complexity index is 1100. The Morgan fingerprint density at radius 1 is 1.23 bits per heavy atom. The van der Waals surface area contributed by atoms with Crippen LogP contribution in [-0.4, -0.2) is 59.4 Å². The first-order valence-corrected chi connectivity index (χ1v) is 10.6. The van der Waals surface area contributed by atoms with Crippen molar-refractivity contribution < 1.29 is 19.0 Å². The molecule has 0 saturated carbocycles. The number of carbonyl (C=O) groups is 1. The SMILES string of the molecule is C[C@H]1COc2c(N3CCC4(CCCN4C)CC3)c(F)cc3cc(C(=O)O)c(=O)n1c23. The maximum atomic E-state index is 15.3. The maximum Gasteiger partial charge on any atom is 0.341 e. The highest BCUT2D eigenvalue weighted by Crippen LogP contribution is 2.45. The molecule has 0 radical (unpaired) electrons. The summed E-state index contributed by atoms with van der Waals surface area (Å²) in [5.41, 5.74) is 0.155. The lowest BCUT2D eigenvalue weighted by Gasteiger charge is -2.45. The zero-order valence-corrected chi connectivity index (χ0v) is 17.3. The van der Waals surface area contributed by atoms with E-state index in [1.165, 1.54) is 29.5 Å². The Hall–Kier alpha value is -2.61. The Balaban J connectivity index is 1.63. The predicted octanol–water partition coefficient (Wildman–Crippen LogP) is 2.86. The van der Waals surface area contributed by atoms with Gasteiger partial charge in [0.2, 0.25) is 0 Å². The zero-order valence-electron chi connectivity index (χ0n) is 17.3. The van der Waals surface area contributed by atoms with E-state index in [4.69, 9.17) is 4.74 Å². The Labute approximate surface area is 173 Å². The van der Waals surface area contributed by atoms with Crippen molar-refractivity contribution in [3.05, 3.63) is 33.9 Å². The second-order valence-electron chi connectivity index (χ2n) is 8.91. The van der Waals surface area contributed by atoms with E-state index in [0.717, 1.165) is 32.5 Å². The summed E-state index contributed by atoms with van der Waals surface area (Å²) in [7, 11) is 2.17. The number of nitrogens with zero attached hydrogens (tertiary/aromatic N) is 3. The molecule has 2 saturated heterocycles. The van der Waals surface area contributed by atoms with Crippen molar-refractivity contribution in [1.29, 1.82) is 0 Å². The van der Waals surface area contributed by atoms with Crippen molar-refractivity contribution in [2.45, 2.75) is 44.2 Å². The van der Waals surface area contributed by atoms with Gasteiger partial charge in [-0.25, -0.2) is 9.18 Å². The first kappa shape index (κ1) is 19.4. The number of aromatic carboxylic acids is 1. The highest BCUT2D eigenvalue weighted by atomic mass is 19.1. The number of aromatic nitrogens is 1. The molecule has 0 unspecified atom stereocenters. The van der Waals surface area contributed by atoms with Crippen molar-refractivity contribution in [3.8, 4) is 5.75 Å². The number of anilines is 1. The second-order valence-corrected chi connectivity index (χ2v) is 8.91. The van der Waals surface area contributed by atoms with Crippen LogP contribution in [0.15, 0.2) is 16.9 Å². The molecule has 30 heavy (non-hydrogen) atoms. The van der Waals surface area contributed by atoms with Gasteiger partial charge in [-0.05, 0) is 58.3 Å². The Kier molecular flexibility index (Phi) is 4.32. The van der Waals surface area contributed by atoms with E-state index in [2.05, 4.69) is 11.9 Å². The summed E-state index contributed by atoms with van der Waals surface area (Å²) in [4.78, 5) is 28.8. The summed E-state index contributed by atoms with van der Waals surface area (Å²) >= 11 is 0. The van der Waals surface area contributed by atoms with Crippen LogP contribution in [0.1, 0.15) is 49.0 Å². The van der Waals surface area contributed by atoms with E-state index in [9.17, 15) is 14.7 Å². The van der Waals surface area contributed by atoms with Crippen LogP contribution in [0.2, 0.25) is 0 Å². The van der Waals surface area contributed by atoms with Gasteiger partial charge in [0, 0.05) is 24.0 Å². The highest BCUT2D eigenvalue weighted by Gasteiger charge is 2.42. The summed E-state index contributed by atoms with van der Waals surface area (Å²) in [6.45, 7) is 4.54. The van der Waals surface area contributed by atoms with Gasteiger partial charge in [0.15, 0.2) is 11.6 Å². The summed E-state index contributed by atoms with van der Waals surface area (Å²) < 4.78 is 22.7. The van der Waals surface area contributed by atoms with Crippen molar-refractivity contribution in [2.24, 2.45) is 0 Å². The number of rotatable bonds is 2. The predicted molar refractivity (Wildman–Crippen MR) is 111 cm³/mol. The number of piperidine rings is 1. The number of pyridine rings is 1. The van der Waals surface area contributed by atoms with Crippen LogP contribution in [0.25, 0.3) is 10.9 Å². The molecule has 0 amide bonds. The fourth-order valence-electron chi connectivity index (χ4n) is 5.57. The maximum absolute atomic E-state index is 15.3. The minimum absolute atomic E-state index is 0.196. The van der Waals surface area contributed by atoms with Crippen molar-refractivity contribution in [1.82, 2.24) is 9.47 Å². The third-order valence-corrected chi connectivity index (χ3v) is 7.30. The molecule has 1 N–H and O–H groups in total. The lowest BCUT2D eigenvalue weighted by molar-refractivity contribution is 0.0694. The number of benzene rings is 1. The van der Waals surface area contributed by atoms with Gasteiger partial charge in [-0.1, -0.05) is 0 Å². The average molecular weight is 415 g/mol. The number of hydrogen-bond acceptors (Lipinski definition) is 5. The molecule has 7 nitrogen and oxygen atoms in total. The van der Waals surface area contributed by atoms with Crippen LogP contribution >= 0.6 is 0 Å². The molecule has 0 aliphatic carbocycles. The van der Waals surface area contributed by atoms with Crippen LogP contribution in [-0.2, 0) is 0 Å². The summed E-state index contributed by atoms with van der Waals surface area (Å²) in [6.07, 6.45) is 4.30. The number of carboxylic acid groups (broad SMARTS) is 1.